The largest absolute Gasteiger partial charge is 0.466 e. The minimum absolute atomic E-state index is 0.200. The van der Waals surface area contributed by atoms with Crippen LogP contribution in [0.15, 0.2) is 152 Å². The van der Waals surface area contributed by atoms with Crippen molar-refractivity contribution < 1.29 is 38.7 Å². The summed E-state index contributed by atoms with van der Waals surface area (Å²) in [6.45, 7) is 0. The molecule has 0 saturated carbocycles. The van der Waals surface area contributed by atoms with E-state index in [-0.39, 0.29) is 17.8 Å². The molecule has 0 aliphatic heterocycles. The molecule has 6 N–H and O–H groups in total. The molecule has 5 aromatic carbocycles. The number of nitrogens with two attached hydrogens (primary N) is 1. The number of carbonyl (C=O) groups excluding carboxylic acids is 5. The van der Waals surface area contributed by atoms with Gasteiger partial charge in [0.1, 0.15) is 0 Å². The van der Waals surface area contributed by atoms with Crippen LogP contribution in [0.4, 0.5) is 17.1 Å². The lowest BCUT2D eigenvalue weighted by molar-refractivity contribution is -0.135. The Morgan fingerprint density at radius 1 is 0.509 bits per heavy atom. The van der Waals surface area contributed by atoms with Gasteiger partial charge in [0.25, 0.3) is 17.7 Å². The molecular formula is C43H40N4O8. The first-order chi connectivity index (χ1) is 26.6. The first-order valence-corrected chi connectivity index (χ1v) is 16.5. The molecule has 0 unspecified atom stereocenters. The summed E-state index contributed by atoms with van der Waals surface area (Å²) in [7, 11) is 2.65. The maximum absolute atomic E-state index is 12.1. The SMILES string of the molecule is COC(=O)/C=C/c1ccccc1N.COC(=O)/C=C/c1ccccc1NC(=O)c1ccccc1.O=C(/C=C/c1ccccc1NC(=O)c1ccccc1)NO. The van der Waals surface area contributed by atoms with Gasteiger partial charge in [0.05, 0.1) is 14.2 Å². The van der Waals surface area contributed by atoms with E-state index < -0.39 is 11.9 Å². The molecule has 0 bridgehead atoms. The summed E-state index contributed by atoms with van der Waals surface area (Å²) in [6.07, 6.45) is 8.56. The first kappa shape index (κ1) is 41.8. The summed E-state index contributed by atoms with van der Waals surface area (Å²) in [5, 5.41) is 14.1. The van der Waals surface area contributed by atoms with E-state index in [2.05, 4.69) is 20.1 Å². The van der Waals surface area contributed by atoms with E-state index in [4.69, 9.17) is 10.9 Å². The van der Waals surface area contributed by atoms with Crippen LogP contribution < -0.4 is 21.8 Å². The number of esters is 2. The van der Waals surface area contributed by atoms with Crippen LogP contribution in [0.3, 0.4) is 0 Å². The Labute approximate surface area is 318 Å². The fourth-order valence-electron chi connectivity index (χ4n) is 4.40. The van der Waals surface area contributed by atoms with Crippen molar-refractivity contribution >= 4 is 65.0 Å². The lowest BCUT2D eigenvalue weighted by atomic mass is 10.1. The molecular weight excluding hydrogens is 700 g/mol. The van der Waals surface area contributed by atoms with Gasteiger partial charge in [-0.2, -0.15) is 0 Å². The van der Waals surface area contributed by atoms with Crippen molar-refractivity contribution in [3.05, 3.63) is 180 Å². The molecule has 280 valence electrons. The number of ether oxygens (including phenoxy) is 2. The van der Waals surface area contributed by atoms with Gasteiger partial charge in [0, 0.05) is 46.4 Å². The second kappa shape index (κ2) is 23.1. The summed E-state index contributed by atoms with van der Waals surface area (Å²) in [6, 6.07) is 39.3. The standard InChI is InChI=1S/C17H15NO3.C16H14N2O3.C10H11NO2/c1-21-16(19)12-11-13-7-5-6-10-15(13)18-17(20)14-8-3-2-4-9-14;19-15(18-21)11-10-12-6-4-5-9-14(12)17-16(20)13-7-2-1-3-8-13;1-13-10(12)7-6-8-4-2-3-5-9(8)11/h2-12H,1H3,(H,18,20);1-11,21H,(H,17,20)(H,18,19);2-7H,11H2,1H3/b12-11+;11-10+;7-6+. The number of rotatable bonds is 10. The molecule has 0 aliphatic carbocycles. The van der Waals surface area contributed by atoms with Gasteiger partial charge < -0.3 is 25.8 Å². The molecule has 12 heteroatoms. The van der Waals surface area contributed by atoms with E-state index in [1.54, 1.807) is 103 Å². The Kier molecular flexibility index (Phi) is 17.6. The number of benzene rings is 5. The lowest BCUT2D eigenvalue weighted by Crippen LogP contribution is -2.15. The quantitative estimate of drug-likeness (QED) is 0.0329. The minimum Gasteiger partial charge on any atom is -0.466 e. The Morgan fingerprint density at radius 3 is 1.29 bits per heavy atom. The Bertz CT molecular complexity index is 2010. The number of hydroxylamine groups is 1. The maximum Gasteiger partial charge on any atom is 0.330 e. The van der Waals surface area contributed by atoms with Gasteiger partial charge in [-0.3, -0.25) is 19.6 Å². The van der Waals surface area contributed by atoms with E-state index in [0.29, 0.717) is 33.8 Å². The van der Waals surface area contributed by atoms with Gasteiger partial charge in [-0.1, -0.05) is 91.0 Å². The minimum atomic E-state index is -0.640. The van der Waals surface area contributed by atoms with Gasteiger partial charge in [0.2, 0.25) is 0 Å². The van der Waals surface area contributed by atoms with Crippen molar-refractivity contribution in [2.45, 2.75) is 0 Å². The average Bonchev–Trinajstić information content (AvgIpc) is 3.23. The van der Waals surface area contributed by atoms with Crippen LogP contribution in [-0.4, -0.2) is 49.1 Å². The number of anilines is 3. The number of nitrogen functional groups attached to an aromatic ring is 1. The highest BCUT2D eigenvalue weighted by molar-refractivity contribution is 6.06. The molecule has 0 atom stereocenters. The van der Waals surface area contributed by atoms with Crippen molar-refractivity contribution in [3.8, 4) is 0 Å². The Balaban J connectivity index is 0.000000229. The third-order valence-corrected chi connectivity index (χ3v) is 7.21. The number of methoxy groups -OCH3 is 2. The van der Waals surface area contributed by atoms with Crippen LogP contribution >= 0.6 is 0 Å². The van der Waals surface area contributed by atoms with Crippen LogP contribution in [0.5, 0.6) is 0 Å². The van der Waals surface area contributed by atoms with E-state index >= 15 is 0 Å². The molecule has 55 heavy (non-hydrogen) atoms. The monoisotopic (exact) mass is 740 g/mol. The molecule has 0 heterocycles. The summed E-state index contributed by atoms with van der Waals surface area (Å²) in [5.41, 5.74) is 12.3. The van der Waals surface area contributed by atoms with Gasteiger partial charge in [-0.25, -0.2) is 15.1 Å². The van der Waals surface area contributed by atoms with Crippen molar-refractivity contribution in [2.24, 2.45) is 0 Å². The van der Waals surface area contributed by atoms with Crippen LogP contribution in [0.1, 0.15) is 37.4 Å². The number of amides is 3. The smallest absolute Gasteiger partial charge is 0.330 e. The average molecular weight is 741 g/mol. The van der Waals surface area contributed by atoms with Crippen LogP contribution in [0, 0.1) is 0 Å². The normalized spacial score (nSPS) is 10.3. The van der Waals surface area contributed by atoms with Gasteiger partial charge in [-0.15, -0.1) is 0 Å². The fourth-order valence-corrected chi connectivity index (χ4v) is 4.40. The van der Waals surface area contributed by atoms with Crippen molar-refractivity contribution in [2.75, 3.05) is 30.6 Å². The van der Waals surface area contributed by atoms with E-state index in [1.165, 1.54) is 44.0 Å². The summed E-state index contributed by atoms with van der Waals surface area (Å²) < 4.78 is 8.99. The zero-order chi connectivity index (χ0) is 39.8. The molecule has 0 aromatic heterocycles. The van der Waals surface area contributed by atoms with E-state index in [0.717, 1.165) is 11.1 Å². The van der Waals surface area contributed by atoms with Crippen molar-refractivity contribution in [1.29, 1.82) is 0 Å². The molecule has 0 saturated heterocycles. The number of hydrogen-bond donors (Lipinski definition) is 5. The van der Waals surface area contributed by atoms with Crippen LogP contribution in [0.25, 0.3) is 18.2 Å². The van der Waals surface area contributed by atoms with Gasteiger partial charge in [0.15, 0.2) is 0 Å². The highest BCUT2D eigenvalue weighted by Crippen LogP contribution is 2.19. The van der Waals surface area contributed by atoms with Crippen LogP contribution in [-0.2, 0) is 23.9 Å². The van der Waals surface area contributed by atoms with Crippen molar-refractivity contribution in [1.82, 2.24) is 5.48 Å². The lowest BCUT2D eigenvalue weighted by Gasteiger charge is -2.08. The van der Waals surface area contributed by atoms with Crippen LogP contribution in [0.2, 0.25) is 0 Å². The van der Waals surface area contributed by atoms with E-state index in [9.17, 15) is 24.0 Å². The third kappa shape index (κ3) is 14.9. The molecule has 0 spiro atoms. The van der Waals surface area contributed by atoms with Gasteiger partial charge >= 0.3 is 11.9 Å². The molecule has 12 nitrogen and oxygen atoms in total. The molecule has 5 rings (SSSR count). The predicted molar refractivity (Wildman–Crippen MR) is 214 cm³/mol. The maximum atomic E-state index is 12.1. The number of hydrogen-bond acceptors (Lipinski definition) is 9. The summed E-state index contributed by atoms with van der Waals surface area (Å²) in [5.74, 6) is -1.90. The molecule has 0 aliphatic rings. The second-order valence-corrected chi connectivity index (χ2v) is 11.0. The topological polar surface area (TPSA) is 186 Å². The highest BCUT2D eigenvalue weighted by Gasteiger charge is 2.09. The molecule has 0 fully saturated rings. The number of para-hydroxylation sites is 3. The first-order valence-electron chi connectivity index (χ1n) is 16.5. The van der Waals surface area contributed by atoms with E-state index in [1.807, 2.05) is 42.5 Å². The predicted octanol–water partition coefficient (Wildman–Crippen LogP) is 7.04. The highest BCUT2D eigenvalue weighted by atomic mass is 16.5. The zero-order valence-electron chi connectivity index (χ0n) is 30.0. The summed E-state index contributed by atoms with van der Waals surface area (Å²) >= 11 is 0. The fraction of sp³-hybridized carbons (Fsp3) is 0.0465. The Hall–Kier alpha value is -7.57. The molecule has 5 aromatic rings. The third-order valence-electron chi connectivity index (χ3n) is 7.21. The van der Waals surface area contributed by atoms with Crippen molar-refractivity contribution in [3.63, 3.8) is 0 Å². The molecule has 3 amide bonds. The number of carbonyl (C=O) groups is 5. The van der Waals surface area contributed by atoms with Gasteiger partial charge in [-0.05, 0) is 77.4 Å². The zero-order valence-corrected chi connectivity index (χ0v) is 30.0. The molecule has 0 radical (unpaired) electrons. The summed E-state index contributed by atoms with van der Waals surface area (Å²) in [4.78, 5) is 57.1. The second-order valence-electron chi connectivity index (χ2n) is 11.0. The Morgan fingerprint density at radius 2 is 0.873 bits per heavy atom. The number of nitrogens with one attached hydrogen (secondary N) is 3.